The number of hydrogen-bond donors (Lipinski definition) is 1. The van der Waals surface area contributed by atoms with Crippen molar-refractivity contribution in [3.63, 3.8) is 0 Å². The molecule has 2 heterocycles. The van der Waals surface area contributed by atoms with E-state index in [0.29, 0.717) is 18.5 Å². The number of nitrogens with one attached hydrogen (secondary N) is 1. The number of carbonyl (C=O) groups is 3. The monoisotopic (exact) mass is 296 g/mol. The summed E-state index contributed by atoms with van der Waals surface area (Å²) >= 11 is 0. The third kappa shape index (κ3) is 2.37. The van der Waals surface area contributed by atoms with Crippen LogP contribution in [0.1, 0.15) is 47.7 Å². The largest absolute Gasteiger partial charge is 0.322 e. The Balaban J connectivity index is 1.91. The van der Waals surface area contributed by atoms with E-state index in [1.165, 1.54) is 0 Å². The predicted molar refractivity (Wildman–Crippen MR) is 79.7 cm³/mol. The van der Waals surface area contributed by atoms with Gasteiger partial charge in [0.1, 0.15) is 6.04 Å². The SMILES string of the molecule is CCC#Cc1cccc2c1CN(C1CCC(=O)NC1=O)C2=O. The topological polar surface area (TPSA) is 66.5 Å². The van der Waals surface area contributed by atoms with Gasteiger partial charge >= 0.3 is 0 Å². The van der Waals surface area contributed by atoms with Crippen molar-refractivity contribution in [1.29, 1.82) is 0 Å². The highest BCUT2D eigenvalue weighted by atomic mass is 16.2. The number of benzene rings is 1. The summed E-state index contributed by atoms with van der Waals surface area (Å²) < 4.78 is 0. The maximum absolute atomic E-state index is 12.6. The molecule has 1 unspecified atom stereocenters. The first-order chi connectivity index (χ1) is 10.6. The van der Waals surface area contributed by atoms with Gasteiger partial charge in [0, 0.05) is 30.5 Å². The lowest BCUT2D eigenvalue weighted by atomic mass is 10.0. The van der Waals surface area contributed by atoms with Crippen LogP contribution in [0, 0.1) is 11.8 Å². The third-order valence-electron chi connectivity index (χ3n) is 3.98. The number of amides is 3. The lowest BCUT2D eigenvalue weighted by Crippen LogP contribution is -2.52. The summed E-state index contributed by atoms with van der Waals surface area (Å²) in [5.74, 6) is 5.26. The molecule has 0 aromatic heterocycles. The molecule has 2 aliphatic rings. The van der Waals surface area contributed by atoms with Crippen LogP contribution >= 0.6 is 0 Å². The first-order valence-corrected chi connectivity index (χ1v) is 7.37. The second-order valence-electron chi connectivity index (χ2n) is 5.39. The molecule has 0 saturated carbocycles. The van der Waals surface area contributed by atoms with Crippen molar-refractivity contribution in [2.45, 2.75) is 38.8 Å². The van der Waals surface area contributed by atoms with Gasteiger partial charge in [-0.3, -0.25) is 19.7 Å². The molecule has 0 spiro atoms. The summed E-state index contributed by atoms with van der Waals surface area (Å²) in [6.07, 6.45) is 1.38. The number of nitrogens with zero attached hydrogens (tertiary/aromatic N) is 1. The van der Waals surface area contributed by atoms with Crippen molar-refractivity contribution >= 4 is 17.7 Å². The van der Waals surface area contributed by atoms with Gasteiger partial charge in [0.25, 0.3) is 5.91 Å². The van der Waals surface area contributed by atoms with Gasteiger partial charge in [-0.2, -0.15) is 0 Å². The Kier molecular flexibility index (Phi) is 3.68. The Hall–Kier alpha value is -2.61. The molecule has 112 valence electrons. The Morgan fingerprint density at radius 2 is 2.14 bits per heavy atom. The van der Waals surface area contributed by atoms with Gasteiger partial charge in [0.15, 0.2) is 0 Å². The average molecular weight is 296 g/mol. The first-order valence-electron chi connectivity index (χ1n) is 7.37. The fraction of sp³-hybridized carbons (Fsp3) is 0.353. The molecule has 1 aromatic rings. The van der Waals surface area contributed by atoms with Gasteiger partial charge in [-0.25, -0.2) is 0 Å². The predicted octanol–water partition coefficient (Wildman–Crippen LogP) is 1.21. The van der Waals surface area contributed by atoms with E-state index in [9.17, 15) is 14.4 Å². The molecule has 0 aliphatic carbocycles. The van der Waals surface area contributed by atoms with Crippen LogP contribution in [-0.4, -0.2) is 28.7 Å². The molecule has 5 heteroatoms. The van der Waals surface area contributed by atoms with E-state index >= 15 is 0 Å². The van der Waals surface area contributed by atoms with Gasteiger partial charge in [0.2, 0.25) is 11.8 Å². The molecule has 0 bridgehead atoms. The number of piperidine rings is 1. The molecular weight excluding hydrogens is 280 g/mol. The molecule has 3 rings (SSSR count). The van der Waals surface area contributed by atoms with Crippen LogP contribution in [0.4, 0.5) is 0 Å². The highest BCUT2D eigenvalue weighted by Crippen LogP contribution is 2.29. The lowest BCUT2D eigenvalue weighted by Gasteiger charge is -2.29. The van der Waals surface area contributed by atoms with Crippen LogP contribution in [0.5, 0.6) is 0 Å². The van der Waals surface area contributed by atoms with E-state index in [1.807, 2.05) is 19.1 Å². The molecule has 1 atom stereocenters. The summed E-state index contributed by atoms with van der Waals surface area (Å²) in [7, 11) is 0. The molecule has 1 saturated heterocycles. The van der Waals surface area contributed by atoms with Crippen molar-refractivity contribution < 1.29 is 14.4 Å². The highest BCUT2D eigenvalue weighted by molar-refractivity contribution is 6.05. The molecule has 0 radical (unpaired) electrons. The second kappa shape index (κ2) is 5.64. The van der Waals surface area contributed by atoms with Gasteiger partial charge in [-0.1, -0.05) is 24.8 Å². The summed E-state index contributed by atoms with van der Waals surface area (Å²) in [5.41, 5.74) is 2.31. The lowest BCUT2D eigenvalue weighted by molar-refractivity contribution is -0.136. The van der Waals surface area contributed by atoms with E-state index in [2.05, 4.69) is 17.2 Å². The van der Waals surface area contributed by atoms with Crippen molar-refractivity contribution in [3.05, 3.63) is 34.9 Å². The normalized spacial score (nSPS) is 20.3. The summed E-state index contributed by atoms with van der Waals surface area (Å²) in [6.45, 7) is 2.34. The number of fused-ring (bicyclic) bond motifs is 1. The van der Waals surface area contributed by atoms with Crippen LogP contribution in [0.15, 0.2) is 18.2 Å². The minimum absolute atomic E-state index is 0.162. The maximum atomic E-state index is 12.6. The Labute approximate surface area is 128 Å². The quantitative estimate of drug-likeness (QED) is 0.626. The molecule has 22 heavy (non-hydrogen) atoms. The summed E-state index contributed by atoms with van der Waals surface area (Å²) in [5, 5.41) is 2.30. The van der Waals surface area contributed by atoms with Crippen molar-refractivity contribution in [2.24, 2.45) is 0 Å². The number of carbonyl (C=O) groups excluding carboxylic acids is 3. The molecule has 1 N–H and O–H groups in total. The van der Waals surface area contributed by atoms with E-state index in [1.54, 1.807) is 11.0 Å². The van der Waals surface area contributed by atoms with Crippen molar-refractivity contribution in [2.75, 3.05) is 0 Å². The van der Waals surface area contributed by atoms with Crippen molar-refractivity contribution in [1.82, 2.24) is 10.2 Å². The fourth-order valence-electron chi connectivity index (χ4n) is 2.89. The fourth-order valence-corrected chi connectivity index (χ4v) is 2.89. The smallest absolute Gasteiger partial charge is 0.255 e. The summed E-state index contributed by atoms with van der Waals surface area (Å²) in [4.78, 5) is 37.4. The number of hydrogen-bond acceptors (Lipinski definition) is 3. The van der Waals surface area contributed by atoms with E-state index in [-0.39, 0.29) is 18.2 Å². The number of imide groups is 1. The average Bonchev–Trinajstić information content (AvgIpc) is 2.83. The van der Waals surface area contributed by atoms with Crippen LogP contribution in [0.2, 0.25) is 0 Å². The Bertz CT molecular complexity index is 727. The first kappa shape index (κ1) is 14.3. The summed E-state index contributed by atoms with van der Waals surface area (Å²) in [6, 6.07) is 4.89. The van der Waals surface area contributed by atoms with Crippen LogP contribution in [0.25, 0.3) is 0 Å². The maximum Gasteiger partial charge on any atom is 0.255 e. The molecule has 3 amide bonds. The van der Waals surface area contributed by atoms with E-state index in [0.717, 1.165) is 17.5 Å². The highest BCUT2D eigenvalue weighted by Gasteiger charge is 2.39. The second-order valence-corrected chi connectivity index (χ2v) is 5.39. The van der Waals surface area contributed by atoms with Crippen LogP contribution < -0.4 is 5.32 Å². The third-order valence-corrected chi connectivity index (χ3v) is 3.98. The molecule has 5 nitrogen and oxygen atoms in total. The molecule has 1 aromatic carbocycles. The Morgan fingerprint density at radius 1 is 1.32 bits per heavy atom. The van der Waals surface area contributed by atoms with Gasteiger partial charge in [-0.15, -0.1) is 0 Å². The number of rotatable bonds is 1. The molecule has 1 fully saturated rings. The minimum atomic E-state index is -0.579. The Morgan fingerprint density at radius 3 is 2.86 bits per heavy atom. The van der Waals surface area contributed by atoms with E-state index in [4.69, 9.17) is 0 Å². The minimum Gasteiger partial charge on any atom is -0.322 e. The van der Waals surface area contributed by atoms with Crippen molar-refractivity contribution in [3.8, 4) is 11.8 Å². The zero-order valence-electron chi connectivity index (χ0n) is 12.3. The van der Waals surface area contributed by atoms with Gasteiger partial charge in [-0.05, 0) is 24.1 Å². The standard InChI is InChI=1S/C17H16N2O3/c1-2-3-5-11-6-4-7-12-13(11)10-19(17(12)22)14-8-9-15(20)18-16(14)21/h4,6-7,14H,2,8-10H2,1H3,(H,18,20,21). The zero-order valence-corrected chi connectivity index (χ0v) is 12.3. The van der Waals surface area contributed by atoms with Gasteiger partial charge in [0.05, 0.1) is 0 Å². The molecule has 2 aliphatic heterocycles. The van der Waals surface area contributed by atoms with Crippen LogP contribution in [-0.2, 0) is 16.1 Å². The zero-order chi connectivity index (χ0) is 15.7. The van der Waals surface area contributed by atoms with E-state index < -0.39 is 11.9 Å². The van der Waals surface area contributed by atoms with Gasteiger partial charge < -0.3 is 4.90 Å². The van der Waals surface area contributed by atoms with Crippen LogP contribution in [0.3, 0.4) is 0 Å². The molecular formula is C17H16N2O3.